The van der Waals surface area contributed by atoms with Gasteiger partial charge in [0.2, 0.25) is 5.91 Å². The van der Waals surface area contributed by atoms with E-state index < -0.39 is 0 Å². The minimum absolute atomic E-state index is 0.386. The SMILES string of the molecule is Cc1cc(-c2ccc(C(N)=O)cc2C)ccc1CNCCC(C)C. The van der Waals surface area contributed by atoms with Gasteiger partial charge in [-0.25, -0.2) is 0 Å². The summed E-state index contributed by atoms with van der Waals surface area (Å²) in [6.45, 7) is 10.6. The number of benzene rings is 2. The molecule has 2 aromatic rings. The number of hydrogen-bond acceptors (Lipinski definition) is 2. The van der Waals surface area contributed by atoms with Crippen LogP contribution in [0.3, 0.4) is 0 Å². The third-order valence-corrected chi connectivity index (χ3v) is 4.38. The second-order valence-corrected chi connectivity index (χ2v) is 6.89. The molecule has 0 atom stereocenters. The van der Waals surface area contributed by atoms with Gasteiger partial charge in [0.25, 0.3) is 0 Å². The van der Waals surface area contributed by atoms with Crippen molar-refractivity contribution in [1.82, 2.24) is 5.32 Å². The van der Waals surface area contributed by atoms with E-state index in [0.29, 0.717) is 5.56 Å². The molecule has 0 aliphatic heterocycles. The number of nitrogens with two attached hydrogens (primary N) is 1. The fourth-order valence-electron chi connectivity index (χ4n) is 2.82. The molecule has 0 spiro atoms. The van der Waals surface area contributed by atoms with E-state index in [-0.39, 0.29) is 5.91 Å². The van der Waals surface area contributed by atoms with E-state index in [0.717, 1.165) is 30.1 Å². The Labute approximate surface area is 145 Å². The molecular weight excluding hydrogens is 296 g/mol. The topological polar surface area (TPSA) is 55.1 Å². The minimum atomic E-state index is -0.386. The van der Waals surface area contributed by atoms with Crippen LogP contribution >= 0.6 is 0 Å². The number of nitrogens with one attached hydrogen (secondary N) is 1. The Bertz CT molecular complexity index is 720. The lowest BCUT2D eigenvalue weighted by molar-refractivity contribution is 0.1000. The van der Waals surface area contributed by atoms with Crippen LogP contribution < -0.4 is 11.1 Å². The van der Waals surface area contributed by atoms with Crippen LogP contribution in [0.2, 0.25) is 0 Å². The summed E-state index contributed by atoms with van der Waals surface area (Å²) in [5.74, 6) is 0.343. The van der Waals surface area contributed by atoms with Crippen LogP contribution in [0.4, 0.5) is 0 Å². The van der Waals surface area contributed by atoms with Crippen molar-refractivity contribution in [2.45, 2.75) is 40.7 Å². The Balaban J connectivity index is 2.13. The van der Waals surface area contributed by atoms with E-state index in [9.17, 15) is 4.79 Å². The molecule has 2 rings (SSSR count). The first kappa shape index (κ1) is 18.2. The summed E-state index contributed by atoms with van der Waals surface area (Å²) in [7, 11) is 0. The maximum absolute atomic E-state index is 11.3. The first-order valence-corrected chi connectivity index (χ1v) is 8.59. The zero-order valence-corrected chi connectivity index (χ0v) is 15.1. The highest BCUT2D eigenvalue weighted by atomic mass is 16.1. The number of aryl methyl sites for hydroxylation is 2. The van der Waals surface area contributed by atoms with Gasteiger partial charge < -0.3 is 11.1 Å². The van der Waals surface area contributed by atoms with Crippen molar-refractivity contribution in [3.63, 3.8) is 0 Å². The molecule has 0 aliphatic carbocycles. The highest BCUT2D eigenvalue weighted by molar-refractivity contribution is 5.93. The normalized spacial score (nSPS) is 11.0. The molecule has 128 valence electrons. The number of amides is 1. The van der Waals surface area contributed by atoms with E-state index in [2.05, 4.69) is 44.3 Å². The van der Waals surface area contributed by atoms with Gasteiger partial charge in [-0.1, -0.05) is 38.1 Å². The molecule has 0 saturated carbocycles. The van der Waals surface area contributed by atoms with Crippen LogP contribution in [0.15, 0.2) is 36.4 Å². The van der Waals surface area contributed by atoms with Gasteiger partial charge in [0.15, 0.2) is 0 Å². The van der Waals surface area contributed by atoms with Gasteiger partial charge >= 0.3 is 0 Å². The fourth-order valence-corrected chi connectivity index (χ4v) is 2.82. The lowest BCUT2D eigenvalue weighted by Gasteiger charge is -2.13. The first-order valence-electron chi connectivity index (χ1n) is 8.59. The van der Waals surface area contributed by atoms with Crippen molar-refractivity contribution >= 4 is 5.91 Å². The Morgan fingerprint density at radius 3 is 2.42 bits per heavy atom. The molecule has 0 heterocycles. The van der Waals surface area contributed by atoms with E-state index in [1.165, 1.54) is 23.1 Å². The molecule has 0 saturated heterocycles. The second-order valence-electron chi connectivity index (χ2n) is 6.89. The molecule has 3 N–H and O–H groups in total. The Kier molecular flexibility index (Phi) is 6.16. The highest BCUT2D eigenvalue weighted by Gasteiger charge is 2.08. The summed E-state index contributed by atoms with van der Waals surface area (Å²) in [6, 6.07) is 12.2. The van der Waals surface area contributed by atoms with Gasteiger partial charge in [0, 0.05) is 12.1 Å². The summed E-state index contributed by atoms with van der Waals surface area (Å²) < 4.78 is 0. The van der Waals surface area contributed by atoms with Crippen LogP contribution in [0, 0.1) is 19.8 Å². The second kappa shape index (κ2) is 8.11. The standard InChI is InChI=1S/C21H28N2O/c1-14(2)9-10-23-13-19-6-5-17(11-15(19)3)20-8-7-18(21(22)24)12-16(20)4/h5-8,11-12,14,23H,9-10,13H2,1-4H3,(H2,22,24). The van der Waals surface area contributed by atoms with Crippen molar-refractivity contribution in [3.05, 3.63) is 58.7 Å². The molecule has 0 unspecified atom stereocenters. The molecule has 2 aromatic carbocycles. The largest absolute Gasteiger partial charge is 0.366 e. The van der Waals surface area contributed by atoms with E-state index in [1.54, 1.807) is 6.07 Å². The first-order chi connectivity index (χ1) is 11.4. The van der Waals surface area contributed by atoms with Gasteiger partial charge in [-0.2, -0.15) is 0 Å². The lowest BCUT2D eigenvalue weighted by Crippen LogP contribution is -2.16. The third-order valence-electron chi connectivity index (χ3n) is 4.38. The fraction of sp³-hybridized carbons (Fsp3) is 0.381. The summed E-state index contributed by atoms with van der Waals surface area (Å²) >= 11 is 0. The monoisotopic (exact) mass is 324 g/mol. The van der Waals surface area contributed by atoms with Gasteiger partial charge in [-0.05, 0) is 72.7 Å². The number of hydrogen-bond donors (Lipinski definition) is 2. The molecular formula is C21H28N2O. The predicted octanol–water partition coefficient (Wildman–Crippen LogP) is 4.21. The van der Waals surface area contributed by atoms with E-state index in [1.807, 2.05) is 19.1 Å². The van der Waals surface area contributed by atoms with E-state index in [4.69, 9.17) is 5.73 Å². The number of carbonyl (C=O) groups is 1. The minimum Gasteiger partial charge on any atom is -0.366 e. The van der Waals surface area contributed by atoms with Crippen molar-refractivity contribution in [2.24, 2.45) is 11.7 Å². The van der Waals surface area contributed by atoms with E-state index >= 15 is 0 Å². The van der Waals surface area contributed by atoms with Gasteiger partial charge in [-0.3, -0.25) is 4.79 Å². The molecule has 24 heavy (non-hydrogen) atoms. The molecule has 0 fully saturated rings. The van der Waals surface area contributed by atoms with Crippen LogP contribution in [0.1, 0.15) is 47.3 Å². The van der Waals surface area contributed by atoms with Crippen molar-refractivity contribution in [3.8, 4) is 11.1 Å². The van der Waals surface area contributed by atoms with Crippen molar-refractivity contribution < 1.29 is 4.79 Å². The Morgan fingerprint density at radius 1 is 1.08 bits per heavy atom. The number of carbonyl (C=O) groups excluding carboxylic acids is 1. The molecule has 3 heteroatoms. The van der Waals surface area contributed by atoms with Gasteiger partial charge in [0.05, 0.1) is 0 Å². The molecule has 0 bridgehead atoms. The van der Waals surface area contributed by atoms with Gasteiger partial charge in [-0.15, -0.1) is 0 Å². The maximum Gasteiger partial charge on any atom is 0.248 e. The van der Waals surface area contributed by atoms with Crippen LogP contribution in [0.5, 0.6) is 0 Å². The number of primary amides is 1. The average Bonchev–Trinajstić information content (AvgIpc) is 2.52. The summed E-state index contributed by atoms with van der Waals surface area (Å²) in [4.78, 5) is 11.3. The van der Waals surface area contributed by atoms with Crippen molar-refractivity contribution in [1.29, 1.82) is 0 Å². The summed E-state index contributed by atoms with van der Waals surface area (Å²) in [5.41, 5.74) is 11.9. The summed E-state index contributed by atoms with van der Waals surface area (Å²) in [6.07, 6.45) is 1.20. The zero-order valence-electron chi connectivity index (χ0n) is 15.1. The molecule has 3 nitrogen and oxygen atoms in total. The molecule has 0 radical (unpaired) electrons. The Morgan fingerprint density at radius 2 is 1.83 bits per heavy atom. The quantitative estimate of drug-likeness (QED) is 0.750. The highest BCUT2D eigenvalue weighted by Crippen LogP contribution is 2.26. The molecule has 0 aromatic heterocycles. The van der Waals surface area contributed by atoms with Gasteiger partial charge in [0.1, 0.15) is 0 Å². The zero-order chi connectivity index (χ0) is 17.7. The van der Waals surface area contributed by atoms with Crippen LogP contribution in [-0.2, 0) is 6.54 Å². The molecule has 0 aliphatic rings. The van der Waals surface area contributed by atoms with Crippen molar-refractivity contribution in [2.75, 3.05) is 6.54 Å². The maximum atomic E-state index is 11.3. The average molecular weight is 324 g/mol. The Hall–Kier alpha value is -2.13. The lowest BCUT2D eigenvalue weighted by atomic mass is 9.95. The molecule has 1 amide bonds. The third kappa shape index (κ3) is 4.68. The smallest absolute Gasteiger partial charge is 0.248 e. The number of rotatable bonds is 7. The predicted molar refractivity (Wildman–Crippen MR) is 101 cm³/mol. The van der Waals surface area contributed by atoms with Crippen LogP contribution in [0.25, 0.3) is 11.1 Å². The summed E-state index contributed by atoms with van der Waals surface area (Å²) in [5, 5.41) is 3.51. The van der Waals surface area contributed by atoms with Crippen LogP contribution in [-0.4, -0.2) is 12.5 Å².